The number of amides is 3. The number of carbonyl (C=O) groups is 2. The SMILES string of the molecule is CSc1ccc(Cl)cc1NC(=O)N1CCC(O)(C(N)=O)CC1. The Morgan fingerprint density at radius 3 is 2.59 bits per heavy atom. The van der Waals surface area contributed by atoms with E-state index in [-0.39, 0.29) is 32.0 Å². The average Bonchev–Trinajstić information content (AvgIpc) is 2.48. The number of primary amides is 1. The second kappa shape index (κ2) is 6.76. The summed E-state index contributed by atoms with van der Waals surface area (Å²) in [6.45, 7) is 0.529. The third-order valence-corrected chi connectivity index (χ3v) is 4.77. The van der Waals surface area contributed by atoms with Crippen molar-refractivity contribution < 1.29 is 14.7 Å². The van der Waals surface area contributed by atoms with Crippen molar-refractivity contribution in [2.75, 3.05) is 24.7 Å². The number of nitrogens with two attached hydrogens (primary N) is 1. The first kappa shape index (κ1) is 16.9. The molecule has 0 spiro atoms. The molecule has 1 aliphatic heterocycles. The highest BCUT2D eigenvalue weighted by Crippen LogP contribution is 2.29. The number of piperidine rings is 1. The summed E-state index contributed by atoms with van der Waals surface area (Å²) < 4.78 is 0. The molecular weight excluding hydrogens is 326 g/mol. The van der Waals surface area contributed by atoms with Crippen molar-refractivity contribution in [1.29, 1.82) is 0 Å². The molecule has 3 amide bonds. The number of benzene rings is 1. The Morgan fingerprint density at radius 2 is 2.05 bits per heavy atom. The van der Waals surface area contributed by atoms with E-state index in [1.165, 1.54) is 11.8 Å². The molecule has 1 fully saturated rings. The fraction of sp³-hybridized carbons (Fsp3) is 0.429. The predicted molar refractivity (Wildman–Crippen MR) is 87.2 cm³/mol. The fourth-order valence-corrected chi connectivity index (χ4v) is 3.00. The zero-order valence-corrected chi connectivity index (χ0v) is 13.7. The van der Waals surface area contributed by atoms with Crippen LogP contribution >= 0.6 is 23.4 Å². The van der Waals surface area contributed by atoms with Crippen LogP contribution in [0.1, 0.15) is 12.8 Å². The number of rotatable bonds is 3. The molecule has 1 heterocycles. The van der Waals surface area contributed by atoms with E-state index >= 15 is 0 Å². The second-order valence-electron chi connectivity index (χ2n) is 5.16. The lowest BCUT2D eigenvalue weighted by Crippen LogP contribution is -2.54. The maximum atomic E-state index is 12.3. The Hall–Kier alpha value is -1.44. The minimum atomic E-state index is -1.52. The van der Waals surface area contributed by atoms with Crippen LogP contribution in [0.2, 0.25) is 5.02 Å². The molecule has 1 aromatic carbocycles. The number of hydrogen-bond acceptors (Lipinski definition) is 4. The third kappa shape index (κ3) is 3.66. The van der Waals surface area contributed by atoms with Crippen molar-refractivity contribution in [2.45, 2.75) is 23.3 Å². The molecule has 22 heavy (non-hydrogen) atoms. The van der Waals surface area contributed by atoms with Crippen molar-refractivity contribution in [3.8, 4) is 0 Å². The summed E-state index contributed by atoms with van der Waals surface area (Å²) >= 11 is 7.46. The fourth-order valence-electron chi connectivity index (χ4n) is 2.30. The van der Waals surface area contributed by atoms with Gasteiger partial charge in [0.05, 0.1) is 5.69 Å². The predicted octanol–water partition coefficient (Wildman–Crippen LogP) is 1.91. The lowest BCUT2D eigenvalue weighted by Gasteiger charge is -2.36. The highest BCUT2D eigenvalue weighted by molar-refractivity contribution is 7.98. The van der Waals surface area contributed by atoms with E-state index in [1.807, 2.05) is 12.3 Å². The van der Waals surface area contributed by atoms with Gasteiger partial charge < -0.3 is 21.1 Å². The number of urea groups is 1. The largest absolute Gasteiger partial charge is 0.380 e. The van der Waals surface area contributed by atoms with Crippen LogP contribution in [0.25, 0.3) is 0 Å². The van der Waals surface area contributed by atoms with Crippen LogP contribution in [0.3, 0.4) is 0 Å². The number of thioether (sulfide) groups is 1. The van der Waals surface area contributed by atoms with Crippen LogP contribution in [0.4, 0.5) is 10.5 Å². The number of anilines is 1. The standard InChI is InChI=1S/C14H18ClN3O3S/c1-22-11-3-2-9(15)8-10(11)17-13(20)18-6-4-14(21,5-7-18)12(16)19/h2-3,8,21H,4-7H2,1H3,(H2,16,19)(H,17,20). The topological polar surface area (TPSA) is 95.7 Å². The van der Waals surface area contributed by atoms with Gasteiger partial charge in [-0.3, -0.25) is 4.79 Å². The molecule has 0 aliphatic carbocycles. The Bertz CT molecular complexity index is 589. The number of nitrogens with one attached hydrogen (secondary N) is 1. The molecule has 1 aliphatic rings. The Labute approximate surface area is 138 Å². The average molecular weight is 344 g/mol. The van der Waals surface area contributed by atoms with Crippen LogP contribution < -0.4 is 11.1 Å². The lowest BCUT2D eigenvalue weighted by atomic mass is 9.91. The molecule has 120 valence electrons. The number of nitrogens with zero attached hydrogens (tertiary/aromatic N) is 1. The quantitative estimate of drug-likeness (QED) is 0.730. The van der Waals surface area contributed by atoms with Gasteiger partial charge in [0.2, 0.25) is 5.91 Å². The number of halogens is 1. The van der Waals surface area contributed by atoms with E-state index in [4.69, 9.17) is 17.3 Å². The molecule has 1 aromatic rings. The first-order valence-electron chi connectivity index (χ1n) is 6.77. The molecule has 0 radical (unpaired) electrons. The molecule has 8 heteroatoms. The first-order valence-corrected chi connectivity index (χ1v) is 8.38. The minimum Gasteiger partial charge on any atom is -0.380 e. The number of likely N-dealkylation sites (tertiary alicyclic amines) is 1. The third-order valence-electron chi connectivity index (χ3n) is 3.74. The van der Waals surface area contributed by atoms with E-state index in [0.29, 0.717) is 10.7 Å². The van der Waals surface area contributed by atoms with E-state index in [9.17, 15) is 14.7 Å². The highest BCUT2D eigenvalue weighted by Gasteiger charge is 2.38. The van der Waals surface area contributed by atoms with Crippen molar-refractivity contribution in [3.05, 3.63) is 23.2 Å². The molecule has 0 bridgehead atoms. The van der Waals surface area contributed by atoms with Crippen LogP contribution in [-0.2, 0) is 4.79 Å². The van der Waals surface area contributed by atoms with Crippen molar-refractivity contribution in [3.63, 3.8) is 0 Å². The van der Waals surface area contributed by atoms with Gasteiger partial charge in [0.1, 0.15) is 5.60 Å². The van der Waals surface area contributed by atoms with Crippen LogP contribution in [0, 0.1) is 0 Å². The van der Waals surface area contributed by atoms with E-state index in [1.54, 1.807) is 17.0 Å². The number of carbonyl (C=O) groups excluding carboxylic acids is 2. The molecule has 0 unspecified atom stereocenters. The monoisotopic (exact) mass is 343 g/mol. The highest BCUT2D eigenvalue weighted by atomic mass is 35.5. The van der Waals surface area contributed by atoms with E-state index < -0.39 is 11.5 Å². The van der Waals surface area contributed by atoms with E-state index in [0.717, 1.165) is 4.90 Å². The van der Waals surface area contributed by atoms with Gasteiger partial charge in [-0.2, -0.15) is 0 Å². The zero-order valence-electron chi connectivity index (χ0n) is 12.1. The zero-order chi connectivity index (χ0) is 16.3. The molecular formula is C14H18ClN3O3S. The molecule has 6 nitrogen and oxygen atoms in total. The van der Waals surface area contributed by atoms with Crippen molar-refractivity contribution >= 4 is 41.0 Å². The van der Waals surface area contributed by atoms with Gasteiger partial charge in [0.25, 0.3) is 0 Å². The molecule has 4 N–H and O–H groups in total. The number of aliphatic hydroxyl groups is 1. The summed E-state index contributed by atoms with van der Waals surface area (Å²) in [5.74, 6) is -0.743. The lowest BCUT2D eigenvalue weighted by molar-refractivity contribution is -0.140. The molecule has 2 rings (SSSR count). The van der Waals surface area contributed by atoms with Gasteiger partial charge in [-0.25, -0.2) is 4.79 Å². The van der Waals surface area contributed by atoms with Gasteiger partial charge in [-0.1, -0.05) is 11.6 Å². The summed E-state index contributed by atoms with van der Waals surface area (Å²) in [5.41, 5.74) is 4.30. The normalized spacial score (nSPS) is 17.1. The summed E-state index contributed by atoms with van der Waals surface area (Å²) in [4.78, 5) is 25.9. The smallest absolute Gasteiger partial charge is 0.321 e. The number of hydrogen-bond donors (Lipinski definition) is 3. The van der Waals surface area contributed by atoms with Crippen molar-refractivity contribution in [2.24, 2.45) is 5.73 Å². The summed E-state index contributed by atoms with van der Waals surface area (Å²) in [5, 5.41) is 13.4. The van der Waals surface area contributed by atoms with Gasteiger partial charge in [-0.05, 0) is 24.5 Å². The second-order valence-corrected chi connectivity index (χ2v) is 6.44. The summed E-state index contributed by atoms with van der Waals surface area (Å²) in [6.07, 6.45) is 2.19. The minimum absolute atomic E-state index is 0.140. The summed E-state index contributed by atoms with van der Waals surface area (Å²) in [7, 11) is 0. The van der Waals surface area contributed by atoms with Crippen molar-refractivity contribution in [1.82, 2.24) is 4.90 Å². The molecule has 0 aromatic heterocycles. The van der Waals surface area contributed by atoms with E-state index in [2.05, 4.69) is 5.32 Å². The van der Waals surface area contributed by atoms with Gasteiger partial charge in [0.15, 0.2) is 0 Å². The molecule has 0 atom stereocenters. The first-order chi connectivity index (χ1) is 10.4. The van der Waals surface area contributed by atoms with Gasteiger partial charge >= 0.3 is 6.03 Å². The summed E-state index contributed by atoms with van der Waals surface area (Å²) in [6, 6.07) is 5.00. The molecule has 1 saturated heterocycles. The Balaban J connectivity index is 2.02. The van der Waals surface area contributed by atoms with Crippen LogP contribution in [-0.4, -0.2) is 46.9 Å². The Kier molecular flexibility index (Phi) is 5.20. The Morgan fingerprint density at radius 1 is 1.41 bits per heavy atom. The maximum absolute atomic E-state index is 12.3. The van der Waals surface area contributed by atoms with Gasteiger partial charge in [0, 0.05) is 35.8 Å². The molecule has 0 saturated carbocycles. The van der Waals surface area contributed by atoms with Crippen LogP contribution in [0.5, 0.6) is 0 Å². The van der Waals surface area contributed by atoms with Crippen LogP contribution in [0.15, 0.2) is 23.1 Å². The maximum Gasteiger partial charge on any atom is 0.321 e. The van der Waals surface area contributed by atoms with Gasteiger partial charge in [-0.15, -0.1) is 11.8 Å².